The number of nitrogens with two attached hydrogens (primary N) is 1. The van der Waals surface area contributed by atoms with E-state index in [0.29, 0.717) is 30.9 Å². The molecule has 1 amide bonds. The maximum atomic E-state index is 12.6. The minimum Gasteiger partial charge on any atom is -0.467 e. The first-order chi connectivity index (χ1) is 9.58. The number of furan rings is 1. The molecule has 0 unspecified atom stereocenters. The molecule has 0 aliphatic rings. The molecule has 0 aliphatic carbocycles. The van der Waals surface area contributed by atoms with Crippen molar-refractivity contribution in [2.45, 2.75) is 26.8 Å². The third-order valence-corrected chi connectivity index (χ3v) is 3.29. The van der Waals surface area contributed by atoms with Gasteiger partial charge in [-0.3, -0.25) is 9.48 Å². The SMILES string of the molecule is CCc1nn(C)c(C(=O)N(CC)Cc2ccco2)c1N. The van der Waals surface area contributed by atoms with E-state index in [1.54, 1.807) is 29.0 Å². The van der Waals surface area contributed by atoms with Crippen molar-refractivity contribution >= 4 is 11.6 Å². The zero-order valence-corrected chi connectivity index (χ0v) is 12.1. The van der Waals surface area contributed by atoms with Gasteiger partial charge in [0.05, 0.1) is 24.2 Å². The van der Waals surface area contributed by atoms with Crippen molar-refractivity contribution in [3.63, 3.8) is 0 Å². The van der Waals surface area contributed by atoms with Crippen LogP contribution in [0.5, 0.6) is 0 Å². The lowest BCUT2D eigenvalue weighted by Crippen LogP contribution is -2.32. The summed E-state index contributed by atoms with van der Waals surface area (Å²) in [6.45, 7) is 4.89. The van der Waals surface area contributed by atoms with Crippen molar-refractivity contribution < 1.29 is 9.21 Å². The highest BCUT2D eigenvalue weighted by Crippen LogP contribution is 2.20. The van der Waals surface area contributed by atoms with E-state index < -0.39 is 0 Å². The van der Waals surface area contributed by atoms with Crippen molar-refractivity contribution in [3.8, 4) is 0 Å². The first-order valence-corrected chi connectivity index (χ1v) is 6.71. The molecular formula is C14H20N4O2. The average molecular weight is 276 g/mol. The number of hydrogen-bond donors (Lipinski definition) is 1. The monoisotopic (exact) mass is 276 g/mol. The Balaban J connectivity index is 2.26. The lowest BCUT2D eigenvalue weighted by atomic mass is 10.2. The maximum Gasteiger partial charge on any atom is 0.274 e. The molecule has 20 heavy (non-hydrogen) atoms. The number of carbonyl (C=O) groups excluding carboxylic acids is 1. The fourth-order valence-corrected chi connectivity index (χ4v) is 2.18. The predicted octanol–water partition coefficient (Wildman–Crippen LogP) is 1.82. The molecule has 6 heteroatoms. The standard InChI is InChI=1S/C14H20N4O2/c1-4-11-12(15)13(17(3)16-11)14(19)18(5-2)9-10-7-6-8-20-10/h6-8H,4-5,9,15H2,1-3H3. The van der Waals surface area contributed by atoms with E-state index >= 15 is 0 Å². The molecule has 108 valence electrons. The Morgan fingerprint density at radius 3 is 2.75 bits per heavy atom. The van der Waals surface area contributed by atoms with Crippen LogP contribution < -0.4 is 5.73 Å². The van der Waals surface area contributed by atoms with Crippen LogP contribution in [0.4, 0.5) is 5.69 Å². The minimum absolute atomic E-state index is 0.129. The Morgan fingerprint density at radius 1 is 1.50 bits per heavy atom. The Hall–Kier alpha value is -2.24. The molecule has 2 heterocycles. The topological polar surface area (TPSA) is 77.3 Å². The quantitative estimate of drug-likeness (QED) is 0.903. The van der Waals surface area contributed by atoms with Gasteiger partial charge in [0.1, 0.15) is 11.5 Å². The molecule has 0 saturated heterocycles. The summed E-state index contributed by atoms with van der Waals surface area (Å²) in [7, 11) is 1.74. The second-order valence-electron chi connectivity index (χ2n) is 4.58. The van der Waals surface area contributed by atoms with Gasteiger partial charge in [-0.2, -0.15) is 5.10 Å². The highest BCUT2D eigenvalue weighted by atomic mass is 16.3. The number of aromatic nitrogens is 2. The van der Waals surface area contributed by atoms with Gasteiger partial charge in [0.2, 0.25) is 0 Å². The summed E-state index contributed by atoms with van der Waals surface area (Å²) in [5, 5.41) is 4.28. The number of carbonyl (C=O) groups is 1. The third-order valence-electron chi connectivity index (χ3n) is 3.29. The van der Waals surface area contributed by atoms with Gasteiger partial charge in [-0.15, -0.1) is 0 Å². The fourth-order valence-electron chi connectivity index (χ4n) is 2.18. The number of anilines is 1. The summed E-state index contributed by atoms with van der Waals surface area (Å²) in [5.41, 5.74) is 7.69. The number of hydrogen-bond acceptors (Lipinski definition) is 4. The molecule has 0 bridgehead atoms. The second kappa shape index (κ2) is 5.81. The second-order valence-corrected chi connectivity index (χ2v) is 4.58. The molecule has 2 aromatic heterocycles. The largest absolute Gasteiger partial charge is 0.467 e. The lowest BCUT2D eigenvalue weighted by molar-refractivity contribution is 0.0731. The van der Waals surface area contributed by atoms with E-state index in [0.717, 1.165) is 11.5 Å². The lowest BCUT2D eigenvalue weighted by Gasteiger charge is -2.19. The summed E-state index contributed by atoms with van der Waals surface area (Å²) < 4.78 is 6.85. The Labute approximate surface area is 118 Å². The summed E-state index contributed by atoms with van der Waals surface area (Å²) in [6.07, 6.45) is 2.30. The molecule has 0 atom stereocenters. The smallest absolute Gasteiger partial charge is 0.274 e. The highest BCUT2D eigenvalue weighted by molar-refractivity contribution is 5.97. The molecule has 2 aromatic rings. The molecular weight excluding hydrogens is 256 g/mol. The molecule has 0 radical (unpaired) electrons. The van der Waals surface area contributed by atoms with Gasteiger partial charge >= 0.3 is 0 Å². The van der Waals surface area contributed by atoms with Crippen LogP contribution in [0.2, 0.25) is 0 Å². The third kappa shape index (κ3) is 2.54. The normalized spacial score (nSPS) is 10.8. The molecule has 6 nitrogen and oxygen atoms in total. The summed E-state index contributed by atoms with van der Waals surface area (Å²) in [5.74, 6) is 0.618. The minimum atomic E-state index is -0.129. The van der Waals surface area contributed by atoms with Crippen LogP contribution in [0.1, 0.15) is 35.8 Å². The Kier molecular flexibility index (Phi) is 4.12. The van der Waals surface area contributed by atoms with Gasteiger partial charge in [0.15, 0.2) is 0 Å². The number of rotatable bonds is 5. The van der Waals surface area contributed by atoms with Gasteiger partial charge < -0.3 is 15.1 Å². The van der Waals surface area contributed by atoms with Gasteiger partial charge in [-0.25, -0.2) is 0 Å². The first kappa shape index (κ1) is 14.2. The maximum absolute atomic E-state index is 12.6. The molecule has 0 fully saturated rings. The van der Waals surface area contributed by atoms with Gasteiger partial charge in [-0.05, 0) is 25.5 Å². The van der Waals surface area contributed by atoms with Crippen molar-refractivity contribution in [2.75, 3.05) is 12.3 Å². The van der Waals surface area contributed by atoms with E-state index in [4.69, 9.17) is 10.2 Å². The van der Waals surface area contributed by atoms with E-state index in [1.165, 1.54) is 0 Å². The average Bonchev–Trinajstić information content (AvgIpc) is 3.03. The summed E-state index contributed by atoms with van der Waals surface area (Å²) in [6, 6.07) is 3.65. The molecule has 2 N–H and O–H groups in total. The van der Waals surface area contributed by atoms with E-state index in [1.807, 2.05) is 19.9 Å². The summed E-state index contributed by atoms with van der Waals surface area (Å²) >= 11 is 0. The molecule has 0 spiro atoms. The zero-order chi connectivity index (χ0) is 14.7. The van der Waals surface area contributed by atoms with Gasteiger partial charge in [0, 0.05) is 13.6 Å². The van der Waals surface area contributed by atoms with Crippen molar-refractivity contribution in [1.82, 2.24) is 14.7 Å². The van der Waals surface area contributed by atoms with Crippen molar-refractivity contribution in [1.29, 1.82) is 0 Å². The molecule has 2 rings (SSSR count). The van der Waals surface area contributed by atoms with Crippen LogP contribution >= 0.6 is 0 Å². The zero-order valence-electron chi connectivity index (χ0n) is 12.1. The molecule has 0 saturated carbocycles. The van der Waals surface area contributed by atoms with Crippen molar-refractivity contribution in [3.05, 3.63) is 35.5 Å². The number of nitrogens with zero attached hydrogens (tertiary/aromatic N) is 3. The van der Waals surface area contributed by atoms with Crippen LogP contribution in [0.25, 0.3) is 0 Å². The molecule has 0 aliphatic heterocycles. The van der Waals surface area contributed by atoms with E-state index in [9.17, 15) is 4.79 Å². The van der Waals surface area contributed by atoms with Crippen LogP contribution in [0.3, 0.4) is 0 Å². The van der Waals surface area contributed by atoms with E-state index in [2.05, 4.69) is 5.10 Å². The van der Waals surface area contributed by atoms with Crippen LogP contribution in [0, 0.1) is 0 Å². The number of aryl methyl sites for hydroxylation is 2. The van der Waals surface area contributed by atoms with Gasteiger partial charge in [-0.1, -0.05) is 6.92 Å². The number of nitrogen functional groups attached to an aromatic ring is 1. The van der Waals surface area contributed by atoms with Crippen LogP contribution in [0.15, 0.2) is 22.8 Å². The molecule has 0 aromatic carbocycles. The van der Waals surface area contributed by atoms with Gasteiger partial charge in [0.25, 0.3) is 5.91 Å². The van der Waals surface area contributed by atoms with Crippen molar-refractivity contribution in [2.24, 2.45) is 7.05 Å². The summed E-state index contributed by atoms with van der Waals surface area (Å²) in [4.78, 5) is 14.3. The highest BCUT2D eigenvalue weighted by Gasteiger charge is 2.24. The van der Waals surface area contributed by atoms with Crippen LogP contribution in [-0.2, 0) is 20.0 Å². The Bertz CT molecular complexity index is 587. The Morgan fingerprint density at radius 2 is 2.25 bits per heavy atom. The van der Waals surface area contributed by atoms with Crippen LogP contribution in [-0.4, -0.2) is 27.1 Å². The number of amides is 1. The predicted molar refractivity (Wildman–Crippen MR) is 76.1 cm³/mol. The van der Waals surface area contributed by atoms with E-state index in [-0.39, 0.29) is 5.91 Å². The first-order valence-electron chi connectivity index (χ1n) is 6.71. The fraction of sp³-hybridized carbons (Fsp3) is 0.429.